The predicted octanol–water partition coefficient (Wildman–Crippen LogP) is 2.53. The highest BCUT2D eigenvalue weighted by molar-refractivity contribution is 5.91. The van der Waals surface area contributed by atoms with Crippen molar-refractivity contribution in [3.8, 4) is 0 Å². The van der Waals surface area contributed by atoms with Crippen LogP contribution in [0.2, 0.25) is 0 Å². The molecule has 0 unspecified atom stereocenters. The molecule has 0 saturated heterocycles. The van der Waals surface area contributed by atoms with Gasteiger partial charge in [0.2, 0.25) is 17.8 Å². The maximum Gasteiger partial charge on any atom is 0.239 e. The number of anilines is 4. The van der Waals surface area contributed by atoms with Gasteiger partial charge in [-0.25, -0.2) is 4.98 Å². The molecule has 156 valence electrons. The highest BCUT2D eigenvalue weighted by atomic mass is 16.2. The van der Waals surface area contributed by atoms with Crippen LogP contribution in [0.4, 0.5) is 23.4 Å². The molecule has 9 nitrogen and oxygen atoms in total. The summed E-state index contributed by atoms with van der Waals surface area (Å²) in [4.78, 5) is 31.0. The summed E-state index contributed by atoms with van der Waals surface area (Å²) in [6.07, 6.45) is 2.54. The Morgan fingerprint density at radius 1 is 1.17 bits per heavy atom. The summed E-state index contributed by atoms with van der Waals surface area (Å²) in [6, 6.07) is 11.6. The molecule has 0 radical (unpaired) electrons. The monoisotopic (exact) mass is 406 g/mol. The van der Waals surface area contributed by atoms with Crippen LogP contribution >= 0.6 is 0 Å². The lowest BCUT2D eigenvalue weighted by Gasteiger charge is -2.16. The number of nitrogen functional groups attached to an aromatic ring is 1. The van der Waals surface area contributed by atoms with Crippen LogP contribution < -0.4 is 16.4 Å². The minimum Gasteiger partial charge on any atom is -0.368 e. The van der Waals surface area contributed by atoms with Crippen molar-refractivity contribution >= 4 is 29.3 Å². The predicted molar refractivity (Wildman–Crippen MR) is 117 cm³/mol. The Balaban J connectivity index is 1.63. The van der Waals surface area contributed by atoms with E-state index in [1.54, 1.807) is 11.1 Å². The van der Waals surface area contributed by atoms with Crippen molar-refractivity contribution in [1.82, 2.24) is 24.8 Å². The summed E-state index contributed by atoms with van der Waals surface area (Å²) in [5, 5.41) is 5.99. The minimum absolute atomic E-state index is 0.123. The van der Waals surface area contributed by atoms with E-state index < -0.39 is 0 Å². The zero-order valence-electron chi connectivity index (χ0n) is 17.4. The molecule has 0 spiro atoms. The zero-order chi connectivity index (χ0) is 21.5. The Labute approximate surface area is 175 Å². The molecule has 1 amide bonds. The highest BCUT2D eigenvalue weighted by Crippen LogP contribution is 2.19. The Morgan fingerprint density at radius 2 is 1.97 bits per heavy atom. The lowest BCUT2D eigenvalue weighted by molar-refractivity contribution is -0.117. The van der Waals surface area contributed by atoms with Gasteiger partial charge in [-0.1, -0.05) is 25.1 Å². The molecule has 3 rings (SSSR count). The van der Waals surface area contributed by atoms with Gasteiger partial charge in [-0.15, -0.1) is 0 Å². The van der Waals surface area contributed by atoms with Crippen LogP contribution in [0.25, 0.3) is 0 Å². The molecule has 4 N–H and O–H groups in total. The van der Waals surface area contributed by atoms with Crippen LogP contribution in [0.1, 0.15) is 23.9 Å². The molecule has 0 aliphatic rings. The molecule has 3 aromatic rings. The largest absolute Gasteiger partial charge is 0.368 e. The fourth-order valence-corrected chi connectivity index (χ4v) is 2.96. The first-order valence-electron chi connectivity index (χ1n) is 9.69. The molecule has 2 heterocycles. The number of amides is 1. The second-order valence-corrected chi connectivity index (χ2v) is 7.01. The van der Waals surface area contributed by atoms with Crippen LogP contribution in [-0.4, -0.2) is 44.3 Å². The Morgan fingerprint density at radius 3 is 2.73 bits per heavy atom. The molecular formula is C21H26N8O. The third-order valence-electron chi connectivity index (χ3n) is 4.35. The Bertz CT molecular complexity index is 1020. The third kappa shape index (κ3) is 5.95. The molecule has 0 fully saturated rings. The molecular weight excluding hydrogens is 380 g/mol. The molecule has 1 aromatic carbocycles. The second kappa shape index (κ2) is 9.75. The van der Waals surface area contributed by atoms with Gasteiger partial charge in [0.05, 0.1) is 13.1 Å². The van der Waals surface area contributed by atoms with E-state index in [2.05, 4.69) is 37.5 Å². The number of hydrogen-bond donors (Lipinski definition) is 3. The lowest BCUT2D eigenvalue weighted by atomic mass is 10.1. The Hall–Kier alpha value is -3.59. The normalized spacial score (nSPS) is 10.8. The number of nitrogens with zero attached hydrogens (tertiary/aromatic N) is 5. The molecule has 2 aromatic heterocycles. The molecule has 0 saturated carbocycles. The van der Waals surface area contributed by atoms with E-state index in [-0.39, 0.29) is 18.4 Å². The summed E-state index contributed by atoms with van der Waals surface area (Å²) in [6.45, 7) is 4.52. The molecule has 9 heteroatoms. The second-order valence-electron chi connectivity index (χ2n) is 7.01. The van der Waals surface area contributed by atoms with Gasteiger partial charge in [0.25, 0.3) is 0 Å². The van der Waals surface area contributed by atoms with Gasteiger partial charge in [-0.3, -0.25) is 9.69 Å². The van der Waals surface area contributed by atoms with E-state index in [4.69, 9.17) is 5.73 Å². The van der Waals surface area contributed by atoms with Crippen LogP contribution in [0.5, 0.6) is 0 Å². The van der Waals surface area contributed by atoms with Crippen molar-refractivity contribution < 1.29 is 4.79 Å². The third-order valence-corrected chi connectivity index (χ3v) is 4.35. The summed E-state index contributed by atoms with van der Waals surface area (Å²) in [7, 11) is 1.81. The number of nitrogens with one attached hydrogen (secondary N) is 2. The number of aryl methyl sites for hydroxylation is 2. The number of nitrogens with two attached hydrogens (primary N) is 1. The maximum absolute atomic E-state index is 12.3. The van der Waals surface area contributed by atoms with Crippen molar-refractivity contribution in [3.05, 3.63) is 59.5 Å². The first-order chi connectivity index (χ1) is 14.4. The SMILES string of the molecule is CCc1ccccc1Nc1nc(N)nc(CN(C)CC(=O)Nc2cc(C)ccn2)n1. The summed E-state index contributed by atoms with van der Waals surface area (Å²) in [5.41, 5.74) is 8.97. The van der Waals surface area contributed by atoms with E-state index in [1.807, 2.05) is 50.4 Å². The lowest BCUT2D eigenvalue weighted by Crippen LogP contribution is -2.30. The van der Waals surface area contributed by atoms with E-state index in [0.29, 0.717) is 24.1 Å². The van der Waals surface area contributed by atoms with Gasteiger partial charge >= 0.3 is 0 Å². The van der Waals surface area contributed by atoms with Crippen LogP contribution in [-0.2, 0) is 17.8 Å². The number of benzene rings is 1. The van der Waals surface area contributed by atoms with Crippen molar-refractivity contribution in [2.75, 3.05) is 30.0 Å². The zero-order valence-corrected chi connectivity index (χ0v) is 17.4. The van der Waals surface area contributed by atoms with Crippen LogP contribution in [0.15, 0.2) is 42.6 Å². The topological polar surface area (TPSA) is 122 Å². The van der Waals surface area contributed by atoms with Gasteiger partial charge in [0, 0.05) is 11.9 Å². The summed E-state index contributed by atoms with van der Waals surface area (Å²) >= 11 is 0. The van der Waals surface area contributed by atoms with Gasteiger partial charge in [0.1, 0.15) is 11.6 Å². The molecule has 0 aliphatic heterocycles. The van der Waals surface area contributed by atoms with Crippen LogP contribution in [0, 0.1) is 6.92 Å². The average molecular weight is 406 g/mol. The number of hydrogen-bond acceptors (Lipinski definition) is 8. The molecule has 0 aliphatic carbocycles. The van der Waals surface area contributed by atoms with Crippen molar-refractivity contribution in [3.63, 3.8) is 0 Å². The van der Waals surface area contributed by atoms with Crippen LogP contribution in [0.3, 0.4) is 0 Å². The first kappa shape index (κ1) is 21.1. The molecule has 0 bridgehead atoms. The van der Waals surface area contributed by atoms with E-state index >= 15 is 0 Å². The van der Waals surface area contributed by atoms with Gasteiger partial charge in [0.15, 0.2) is 0 Å². The maximum atomic E-state index is 12.3. The van der Waals surface area contributed by atoms with Crippen molar-refractivity contribution in [2.24, 2.45) is 0 Å². The number of pyridine rings is 1. The number of likely N-dealkylation sites (N-methyl/N-ethyl adjacent to an activating group) is 1. The van der Waals surface area contributed by atoms with Gasteiger partial charge < -0.3 is 16.4 Å². The number of aromatic nitrogens is 4. The van der Waals surface area contributed by atoms with Crippen molar-refractivity contribution in [1.29, 1.82) is 0 Å². The molecule has 0 atom stereocenters. The van der Waals surface area contributed by atoms with Gasteiger partial charge in [-0.2, -0.15) is 15.0 Å². The average Bonchev–Trinajstić information content (AvgIpc) is 2.67. The van der Waals surface area contributed by atoms with Gasteiger partial charge in [-0.05, 0) is 49.7 Å². The smallest absolute Gasteiger partial charge is 0.239 e. The highest BCUT2D eigenvalue weighted by Gasteiger charge is 2.12. The summed E-state index contributed by atoms with van der Waals surface area (Å²) < 4.78 is 0. The number of para-hydroxylation sites is 1. The van der Waals surface area contributed by atoms with Crippen molar-refractivity contribution in [2.45, 2.75) is 26.8 Å². The number of carbonyl (C=O) groups excluding carboxylic acids is 1. The first-order valence-corrected chi connectivity index (χ1v) is 9.69. The minimum atomic E-state index is -0.173. The standard InChI is InChI=1S/C21H26N8O/c1-4-15-7-5-6-8-16(15)24-21-27-18(26-20(22)28-21)12-29(3)13-19(30)25-17-11-14(2)9-10-23-17/h5-11H,4,12-13H2,1-3H3,(H,23,25,30)(H3,22,24,26,27,28). The van der Waals surface area contributed by atoms with E-state index in [9.17, 15) is 4.79 Å². The van der Waals surface area contributed by atoms with E-state index in [0.717, 1.165) is 23.2 Å². The fraction of sp³-hybridized carbons (Fsp3) is 0.286. The summed E-state index contributed by atoms with van der Waals surface area (Å²) in [5.74, 6) is 1.33. The fourth-order valence-electron chi connectivity index (χ4n) is 2.96. The molecule has 30 heavy (non-hydrogen) atoms. The number of carbonyl (C=O) groups is 1. The van der Waals surface area contributed by atoms with E-state index in [1.165, 1.54) is 0 Å². The number of rotatable bonds is 8. The Kier molecular flexibility index (Phi) is 6.87. The quantitative estimate of drug-likeness (QED) is 0.522.